The molecule has 0 aliphatic rings. The Morgan fingerprint density at radius 2 is 1.82 bits per heavy atom. The predicted octanol–water partition coefficient (Wildman–Crippen LogP) is 6.21. The van der Waals surface area contributed by atoms with E-state index in [2.05, 4.69) is 17.1 Å². The fourth-order valence-electron chi connectivity index (χ4n) is 3.97. The van der Waals surface area contributed by atoms with Crippen LogP contribution in [0.2, 0.25) is 0 Å². The van der Waals surface area contributed by atoms with Crippen LogP contribution in [0.1, 0.15) is 41.1 Å². The van der Waals surface area contributed by atoms with Gasteiger partial charge in [0, 0.05) is 23.1 Å². The zero-order chi connectivity index (χ0) is 28.5. The number of carbonyl (C=O) groups excluding carboxylic acids is 1. The van der Waals surface area contributed by atoms with Crippen LogP contribution in [0, 0.1) is 10.1 Å². The first kappa shape index (κ1) is 27.9. The Kier molecular flexibility index (Phi) is 9.14. The van der Waals surface area contributed by atoms with Crippen molar-refractivity contribution in [2.75, 3.05) is 13.2 Å². The van der Waals surface area contributed by atoms with Gasteiger partial charge in [0.25, 0.3) is 5.69 Å². The molecule has 0 unspecified atom stereocenters. The number of nitro benzene ring substituents is 1. The minimum Gasteiger partial charge on any atom is -0.494 e. The molecule has 0 saturated heterocycles. The van der Waals surface area contributed by atoms with Gasteiger partial charge in [0.2, 0.25) is 0 Å². The Morgan fingerprint density at radius 1 is 1.05 bits per heavy atom. The topological polar surface area (TPSA) is 125 Å². The molecule has 0 fully saturated rings. The van der Waals surface area contributed by atoms with Crippen LogP contribution in [0.5, 0.6) is 17.2 Å². The van der Waals surface area contributed by atoms with Crippen molar-refractivity contribution in [3.63, 3.8) is 0 Å². The van der Waals surface area contributed by atoms with Crippen LogP contribution in [0.25, 0.3) is 11.0 Å². The molecule has 0 saturated carbocycles. The van der Waals surface area contributed by atoms with Crippen LogP contribution in [-0.2, 0) is 13.0 Å². The summed E-state index contributed by atoms with van der Waals surface area (Å²) in [6, 6.07) is 16.8. The number of hydrogen-bond donors (Lipinski definition) is 1. The standard InChI is InChI=1S/C30H29N3O7/c1-4-7-22-14-21(15-27(38-6-3)29(22)39-19-20-8-10-24(11-9-20)33(35)36)18-31-32-30(34)28-17-23-16-25(37-5-2)12-13-26(23)40-28/h4,8-18H,1,5-7,19H2,2-3H3,(H,32,34)/b31-18+. The van der Waals surface area contributed by atoms with Crippen LogP contribution in [0.15, 0.2) is 82.8 Å². The molecule has 1 aromatic heterocycles. The van der Waals surface area contributed by atoms with Gasteiger partial charge in [-0.3, -0.25) is 14.9 Å². The predicted molar refractivity (Wildman–Crippen MR) is 151 cm³/mol. The molecule has 206 valence electrons. The van der Waals surface area contributed by atoms with Gasteiger partial charge in [0.15, 0.2) is 17.3 Å². The van der Waals surface area contributed by atoms with Gasteiger partial charge in [-0.1, -0.05) is 6.08 Å². The third-order valence-corrected chi connectivity index (χ3v) is 5.75. The van der Waals surface area contributed by atoms with Crippen molar-refractivity contribution in [3.8, 4) is 17.2 Å². The number of non-ortho nitro benzene ring substituents is 1. The number of hydrogen-bond acceptors (Lipinski definition) is 8. The molecular formula is C30H29N3O7. The lowest BCUT2D eigenvalue weighted by Crippen LogP contribution is -2.16. The third-order valence-electron chi connectivity index (χ3n) is 5.75. The van der Waals surface area contributed by atoms with Gasteiger partial charge in [-0.15, -0.1) is 6.58 Å². The average molecular weight is 544 g/mol. The van der Waals surface area contributed by atoms with Crippen LogP contribution >= 0.6 is 0 Å². The number of nitrogens with one attached hydrogen (secondary N) is 1. The van der Waals surface area contributed by atoms with Gasteiger partial charge in [-0.25, -0.2) is 5.43 Å². The summed E-state index contributed by atoms with van der Waals surface area (Å²) in [6.45, 7) is 8.72. The van der Waals surface area contributed by atoms with E-state index in [1.165, 1.54) is 18.3 Å². The first-order valence-corrected chi connectivity index (χ1v) is 12.7. The molecule has 0 aliphatic carbocycles. The molecule has 0 atom stereocenters. The summed E-state index contributed by atoms with van der Waals surface area (Å²) in [4.78, 5) is 23.1. The average Bonchev–Trinajstić information content (AvgIpc) is 3.37. The normalized spacial score (nSPS) is 10.9. The molecule has 1 amide bonds. The van der Waals surface area contributed by atoms with Gasteiger partial charge in [-0.05, 0) is 79.9 Å². The monoisotopic (exact) mass is 543 g/mol. The van der Waals surface area contributed by atoms with Crippen LogP contribution < -0.4 is 19.6 Å². The van der Waals surface area contributed by atoms with Gasteiger partial charge in [-0.2, -0.15) is 5.10 Å². The third kappa shape index (κ3) is 6.84. The number of nitro groups is 1. The number of amides is 1. The number of nitrogens with zero attached hydrogens (tertiary/aromatic N) is 2. The highest BCUT2D eigenvalue weighted by atomic mass is 16.6. The summed E-state index contributed by atoms with van der Waals surface area (Å²) in [6.07, 6.45) is 3.74. The molecule has 0 aliphatic heterocycles. The first-order valence-electron chi connectivity index (χ1n) is 12.7. The zero-order valence-corrected chi connectivity index (χ0v) is 22.2. The zero-order valence-electron chi connectivity index (χ0n) is 22.2. The molecule has 10 heteroatoms. The Labute approximate surface area is 231 Å². The highest BCUT2D eigenvalue weighted by Crippen LogP contribution is 2.34. The largest absolute Gasteiger partial charge is 0.494 e. The van der Waals surface area contributed by atoms with Gasteiger partial charge >= 0.3 is 5.91 Å². The summed E-state index contributed by atoms with van der Waals surface area (Å²) < 4.78 is 23.1. The smallest absolute Gasteiger partial charge is 0.307 e. The highest BCUT2D eigenvalue weighted by molar-refractivity contribution is 5.96. The van der Waals surface area contributed by atoms with E-state index in [1.54, 1.807) is 42.5 Å². The van der Waals surface area contributed by atoms with Crippen molar-refractivity contribution in [2.24, 2.45) is 5.10 Å². The number of ether oxygens (including phenoxy) is 3. The van der Waals surface area contributed by atoms with E-state index in [4.69, 9.17) is 18.6 Å². The van der Waals surface area contributed by atoms with Crippen LogP contribution in [-0.4, -0.2) is 30.3 Å². The van der Waals surface area contributed by atoms with E-state index in [0.717, 1.165) is 16.5 Å². The van der Waals surface area contributed by atoms with Crippen molar-refractivity contribution in [1.29, 1.82) is 0 Å². The number of hydrazone groups is 1. The second-order valence-corrected chi connectivity index (χ2v) is 8.59. The van der Waals surface area contributed by atoms with Crippen molar-refractivity contribution in [1.82, 2.24) is 5.43 Å². The molecule has 1 heterocycles. The molecule has 4 rings (SSSR count). The second kappa shape index (κ2) is 13.1. The SMILES string of the molecule is C=CCc1cc(/C=N/NC(=O)c2cc3cc(OCC)ccc3o2)cc(OCC)c1OCc1ccc([N+](=O)[O-])cc1. The molecule has 1 N–H and O–H groups in total. The van der Waals surface area contributed by atoms with Gasteiger partial charge in [0.1, 0.15) is 17.9 Å². The van der Waals surface area contributed by atoms with Crippen molar-refractivity contribution in [2.45, 2.75) is 26.9 Å². The summed E-state index contributed by atoms with van der Waals surface area (Å²) in [7, 11) is 0. The molecular weight excluding hydrogens is 514 g/mol. The van der Waals surface area contributed by atoms with Gasteiger partial charge < -0.3 is 18.6 Å². The van der Waals surface area contributed by atoms with Crippen LogP contribution in [0.4, 0.5) is 5.69 Å². The Balaban J connectivity index is 1.50. The fraction of sp³-hybridized carbons (Fsp3) is 0.200. The molecule has 0 spiro atoms. The molecule has 3 aromatic carbocycles. The van der Waals surface area contributed by atoms with E-state index < -0.39 is 10.8 Å². The maximum absolute atomic E-state index is 12.6. The number of allylic oxidation sites excluding steroid dienone is 1. The minimum absolute atomic E-state index is 0.0119. The maximum atomic E-state index is 12.6. The Bertz CT molecular complexity index is 1540. The summed E-state index contributed by atoms with van der Waals surface area (Å²) in [5.41, 5.74) is 5.32. The fourth-order valence-corrected chi connectivity index (χ4v) is 3.97. The van der Waals surface area contributed by atoms with E-state index in [0.29, 0.717) is 48.0 Å². The molecule has 4 aromatic rings. The lowest BCUT2D eigenvalue weighted by Gasteiger charge is -2.16. The maximum Gasteiger partial charge on any atom is 0.307 e. The van der Waals surface area contributed by atoms with Crippen molar-refractivity contribution >= 4 is 28.8 Å². The number of fused-ring (bicyclic) bond motifs is 1. The number of rotatable bonds is 13. The Hall–Kier alpha value is -5.12. The summed E-state index contributed by atoms with van der Waals surface area (Å²) >= 11 is 0. The van der Waals surface area contributed by atoms with E-state index in [9.17, 15) is 14.9 Å². The minimum atomic E-state index is -0.496. The quantitative estimate of drug-likeness (QED) is 0.0919. The van der Waals surface area contributed by atoms with Crippen molar-refractivity contribution in [3.05, 3.63) is 106 Å². The number of benzene rings is 3. The van der Waals surface area contributed by atoms with E-state index >= 15 is 0 Å². The van der Waals surface area contributed by atoms with Gasteiger partial charge in [0.05, 0.1) is 24.4 Å². The summed E-state index contributed by atoms with van der Waals surface area (Å²) in [5, 5.41) is 15.8. The molecule has 40 heavy (non-hydrogen) atoms. The van der Waals surface area contributed by atoms with E-state index in [-0.39, 0.29) is 18.1 Å². The Morgan fingerprint density at radius 3 is 2.52 bits per heavy atom. The van der Waals surface area contributed by atoms with Crippen LogP contribution in [0.3, 0.4) is 0 Å². The second-order valence-electron chi connectivity index (χ2n) is 8.59. The molecule has 0 bridgehead atoms. The lowest BCUT2D eigenvalue weighted by molar-refractivity contribution is -0.384. The molecule has 10 nitrogen and oxygen atoms in total. The van der Waals surface area contributed by atoms with E-state index in [1.807, 2.05) is 26.0 Å². The number of furan rings is 1. The summed E-state index contributed by atoms with van der Waals surface area (Å²) in [5.74, 6) is 1.36. The number of carbonyl (C=O) groups is 1. The lowest BCUT2D eigenvalue weighted by atomic mass is 10.1. The highest BCUT2D eigenvalue weighted by Gasteiger charge is 2.15. The first-order chi connectivity index (χ1) is 19.4. The molecule has 0 radical (unpaired) electrons. The van der Waals surface area contributed by atoms with Crippen molar-refractivity contribution < 1.29 is 28.3 Å².